The lowest BCUT2D eigenvalue weighted by molar-refractivity contribution is -0.146. The smallest absolute Gasteiger partial charge is 0.306 e. The maximum Gasteiger partial charge on any atom is 0.306 e. The fourth-order valence-corrected chi connectivity index (χ4v) is 7.24. The van der Waals surface area contributed by atoms with E-state index < -0.39 is 0 Å². The highest BCUT2D eigenvalue weighted by atomic mass is 16.5. The van der Waals surface area contributed by atoms with Gasteiger partial charge in [0.2, 0.25) is 0 Å². The number of hydrogen-bond donors (Lipinski definition) is 0. The van der Waals surface area contributed by atoms with E-state index >= 15 is 0 Å². The van der Waals surface area contributed by atoms with Crippen molar-refractivity contribution >= 4 is 11.9 Å². The second-order valence-corrected chi connectivity index (χ2v) is 15.8. The van der Waals surface area contributed by atoms with Crippen LogP contribution >= 0.6 is 0 Å². The molecule has 1 aromatic carbocycles. The van der Waals surface area contributed by atoms with Crippen LogP contribution in [0.5, 0.6) is 0 Å². The summed E-state index contributed by atoms with van der Waals surface area (Å²) in [6, 6.07) is 17.1. The molecule has 8 heteroatoms. The van der Waals surface area contributed by atoms with Gasteiger partial charge < -0.3 is 9.47 Å². The fourth-order valence-electron chi connectivity index (χ4n) is 7.24. The standard InChI is InChI=1S/C48H74N4O4/c1-3-5-7-19-25-43(35-49)45(37-51)27-21-15-11-9-13-17-23-29-47(53)55-39-41-31-33-42(34-32-41)40-56-48(54)30-24-18-14-10-12-16-22-28-46(38-52)44(36-50)26-20-8-6-4-2/h31-34,43-46H,3-30,39-40H2,1-2H3. The maximum atomic E-state index is 12.2. The first-order valence-electron chi connectivity index (χ1n) is 22.4. The van der Waals surface area contributed by atoms with Gasteiger partial charge in [-0.15, -0.1) is 0 Å². The number of esters is 2. The Kier molecular flexibility index (Phi) is 31.8. The predicted molar refractivity (Wildman–Crippen MR) is 223 cm³/mol. The van der Waals surface area contributed by atoms with Crippen LogP contribution < -0.4 is 0 Å². The van der Waals surface area contributed by atoms with Gasteiger partial charge >= 0.3 is 11.9 Å². The monoisotopic (exact) mass is 771 g/mol. The van der Waals surface area contributed by atoms with E-state index in [4.69, 9.17) is 9.47 Å². The number of unbranched alkanes of at least 4 members (excludes halogenated alkanes) is 18. The second-order valence-electron chi connectivity index (χ2n) is 15.8. The van der Waals surface area contributed by atoms with Crippen molar-refractivity contribution in [3.8, 4) is 24.3 Å². The molecule has 8 nitrogen and oxygen atoms in total. The molecule has 0 N–H and O–H groups in total. The van der Waals surface area contributed by atoms with E-state index in [1.54, 1.807) is 0 Å². The average Bonchev–Trinajstić information content (AvgIpc) is 3.22. The first kappa shape index (κ1) is 50.1. The molecule has 1 aromatic rings. The fraction of sp³-hybridized carbons (Fsp3) is 0.750. The summed E-state index contributed by atoms with van der Waals surface area (Å²) in [6.07, 6.45) is 27.6. The molecule has 0 aromatic heterocycles. The van der Waals surface area contributed by atoms with Gasteiger partial charge in [0.05, 0.1) is 47.9 Å². The summed E-state index contributed by atoms with van der Waals surface area (Å²) in [5.41, 5.74) is 1.80. The van der Waals surface area contributed by atoms with Crippen LogP contribution in [0.4, 0.5) is 0 Å². The third kappa shape index (κ3) is 26.1. The summed E-state index contributed by atoms with van der Waals surface area (Å²) in [5.74, 6) is -0.952. The Hall–Kier alpha value is -3.88. The van der Waals surface area contributed by atoms with E-state index in [1.165, 1.54) is 25.7 Å². The minimum Gasteiger partial charge on any atom is -0.461 e. The highest BCUT2D eigenvalue weighted by Crippen LogP contribution is 2.26. The molecule has 0 amide bonds. The molecule has 0 aliphatic carbocycles. The molecule has 56 heavy (non-hydrogen) atoms. The number of hydrogen-bond acceptors (Lipinski definition) is 8. The van der Waals surface area contributed by atoms with Gasteiger partial charge in [0.15, 0.2) is 0 Å². The van der Waals surface area contributed by atoms with Crippen molar-refractivity contribution in [2.24, 2.45) is 23.7 Å². The number of carbonyl (C=O) groups is 2. The molecule has 0 radical (unpaired) electrons. The van der Waals surface area contributed by atoms with E-state index in [9.17, 15) is 30.6 Å². The summed E-state index contributed by atoms with van der Waals surface area (Å²) < 4.78 is 10.9. The zero-order valence-electron chi connectivity index (χ0n) is 35.3. The summed E-state index contributed by atoms with van der Waals surface area (Å²) in [7, 11) is 0. The van der Waals surface area contributed by atoms with Crippen molar-refractivity contribution in [1.82, 2.24) is 0 Å². The largest absolute Gasteiger partial charge is 0.461 e. The summed E-state index contributed by atoms with van der Waals surface area (Å²) in [4.78, 5) is 24.5. The zero-order valence-corrected chi connectivity index (χ0v) is 35.3. The summed E-state index contributed by atoms with van der Waals surface area (Å²) >= 11 is 0. The van der Waals surface area contributed by atoms with Crippen LogP contribution in [0.2, 0.25) is 0 Å². The van der Waals surface area contributed by atoms with Gasteiger partial charge in [-0.05, 0) is 49.7 Å². The lowest BCUT2D eigenvalue weighted by Crippen LogP contribution is -2.11. The van der Waals surface area contributed by atoms with Gasteiger partial charge in [-0.25, -0.2) is 0 Å². The molecule has 0 aliphatic heterocycles. The molecule has 0 saturated carbocycles. The highest BCUT2D eigenvalue weighted by molar-refractivity contribution is 5.69. The van der Waals surface area contributed by atoms with E-state index in [2.05, 4.69) is 38.1 Å². The molecule has 4 unspecified atom stereocenters. The topological polar surface area (TPSA) is 148 Å². The van der Waals surface area contributed by atoms with Crippen LogP contribution in [0.15, 0.2) is 24.3 Å². The third-order valence-electron chi connectivity index (χ3n) is 11.0. The van der Waals surface area contributed by atoms with Crippen LogP contribution in [-0.2, 0) is 32.3 Å². The van der Waals surface area contributed by atoms with Crippen molar-refractivity contribution in [3.05, 3.63) is 35.4 Å². The van der Waals surface area contributed by atoms with Gasteiger partial charge in [-0.2, -0.15) is 21.0 Å². The quantitative estimate of drug-likeness (QED) is 0.0483. The van der Waals surface area contributed by atoms with Crippen molar-refractivity contribution in [2.75, 3.05) is 0 Å². The first-order chi connectivity index (χ1) is 27.4. The van der Waals surface area contributed by atoms with E-state index in [0.717, 1.165) is 152 Å². The van der Waals surface area contributed by atoms with Crippen molar-refractivity contribution in [1.29, 1.82) is 21.0 Å². The van der Waals surface area contributed by atoms with Gasteiger partial charge in [-0.3, -0.25) is 9.59 Å². The second kappa shape index (κ2) is 35.5. The summed E-state index contributed by atoms with van der Waals surface area (Å²) in [5, 5.41) is 38.1. The molecule has 4 atom stereocenters. The highest BCUT2D eigenvalue weighted by Gasteiger charge is 2.21. The van der Waals surface area contributed by atoms with E-state index in [0.29, 0.717) is 12.8 Å². The molecule has 0 fully saturated rings. The van der Waals surface area contributed by atoms with Crippen LogP contribution in [0.25, 0.3) is 0 Å². The molecular weight excluding hydrogens is 697 g/mol. The Bertz CT molecular complexity index is 1220. The number of ether oxygens (including phenoxy) is 2. The van der Waals surface area contributed by atoms with E-state index in [1.807, 2.05) is 24.3 Å². The molecule has 0 saturated heterocycles. The van der Waals surface area contributed by atoms with Crippen molar-refractivity contribution in [3.63, 3.8) is 0 Å². The molecule has 310 valence electrons. The van der Waals surface area contributed by atoms with Gasteiger partial charge in [-0.1, -0.05) is 167 Å². The molecule has 0 bridgehead atoms. The SMILES string of the molecule is CCCCCCC(C#N)C(C#N)CCCCCCCCCC(=O)OCc1ccc(COC(=O)CCCCCCCCCC(C#N)C(C#N)CCCCCC)cc1. The maximum absolute atomic E-state index is 12.2. The van der Waals surface area contributed by atoms with Crippen LogP contribution in [0.1, 0.15) is 205 Å². The lowest BCUT2D eigenvalue weighted by atomic mass is 9.86. The molecule has 0 aliphatic rings. The number of benzene rings is 1. The number of nitriles is 4. The van der Waals surface area contributed by atoms with Gasteiger partial charge in [0.25, 0.3) is 0 Å². The Morgan fingerprint density at radius 3 is 0.946 bits per heavy atom. The van der Waals surface area contributed by atoms with Crippen LogP contribution in [-0.4, -0.2) is 11.9 Å². The third-order valence-corrected chi connectivity index (χ3v) is 11.0. The Balaban J connectivity index is 2.06. The Morgan fingerprint density at radius 1 is 0.429 bits per heavy atom. The summed E-state index contributed by atoms with van der Waals surface area (Å²) in [6.45, 7) is 4.81. The predicted octanol–water partition coefficient (Wildman–Crippen LogP) is 13.3. The Labute approximate surface area is 341 Å². The van der Waals surface area contributed by atoms with Crippen LogP contribution in [0, 0.1) is 69.0 Å². The zero-order chi connectivity index (χ0) is 40.9. The lowest BCUT2D eigenvalue weighted by Gasteiger charge is -2.15. The van der Waals surface area contributed by atoms with Gasteiger partial charge in [0.1, 0.15) is 13.2 Å². The minimum atomic E-state index is -0.186. The van der Waals surface area contributed by atoms with Gasteiger partial charge in [0, 0.05) is 12.8 Å². The molecular formula is C48H74N4O4. The normalized spacial score (nSPS) is 13.0. The average molecular weight is 771 g/mol. The Morgan fingerprint density at radius 2 is 0.679 bits per heavy atom. The van der Waals surface area contributed by atoms with E-state index in [-0.39, 0.29) is 48.8 Å². The minimum absolute atomic E-state index is 0.139. The molecule has 0 spiro atoms. The molecule has 0 heterocycles. The van der Waals surface area contributed by atoms with Crippen molar-refractivity contribution < 1.29 is 19.1 Å². The first-order valence-corrected chi connectivity index (χ1v) is 22.4. The number of nitrogens with zero attached hydrogens (tertiary/aromatic N) is 4. The number of carbonyl (C=O) groups excluding carboxylic acids is 2. The molecule has 1 rings (SSSR count). The number of rotatable bonds is 36. The van der Waals surface area contributed by atoms with Crippen LogP contribution in [0.3, 0.4) is 0 Å². The van der Waals surface area contributed by atoms with Crippen molar-refractivity contribution in [2.45, 2.75) is 207 Å².